The van der Waals surface area contributed by atoms with E-state index in [1.165, 1.54) is 13.0 Å². The number of likely N-dealkylation sites (tertiary alicyclic amines) is 1. The summed E-state index contributed by atoms with van der Waals surface area (Å²) in [4.78, 5) is 2.51. The van der Waals surface area contributed by atoms with Gasteiger partial charge in [-0.1, -0.05) is 6.92 Å². The first-order valence-electron chi connectivity index (χ1n) is 6.27. The van der Waals surface area contributed by atoms with Gasteiger partial charge in [0.05, 0.1) is 12.7 Å². The molecule has 0 aliphatic carbocycles. The van der Waals surface area contributed by atoms with Crippen LogP contribution < -0.4 is 0 Å². The lowest BCUT2D eigenvalue weighted by atomic mass is 9.92. The Morgan fingerprint density at radius 3 is 2.93 bits per heavy atom. The Balaban J connectivity index is 1.78. The summed E-state index contributed by atoms with van der Waals surface area (Å²) in [6.07, 6.45) is 3.20. The van der Waals surface area contributed by atoms with Gasteiger partial charge < -0.3 is 14.7 Å². The van der Waals surface area contributed by atoms with Crippen LogP contribution >= 0.6 is 0 Å². The van der Waals surface area contributed by atoms with Crippen molar-refractivity contribution in [3.8, 4) is 0 Å². The average molecular weight is 213 g/mol. The first-order valence-corrected chi connectivity index (χ1v) is 6.27. The molecule has 0 radical (unpaired) electrons. The van der Waals surface area contributed by atoms with Crippen molar-refractivity contribution in [2.24, 2.45) is 11.8 Å². The van der Waals surface area contributed by atoms with Crippen LogP contribution in [0.2, 0.25) is 0 Å². The Morgan fingerprint density at radius 1 is 1.40 bits per heavy atom. The number of hydrogen-bond acceptors (Lipinski definition) is 3. The van der Waals surface area contributed by atoms with E-state index in [1.807, 2.05) is 0 Å². The monoisotopic (exact) mass is 213 g/mol. The molecule has 2 aliphatic rings. The Bertz CT molecular complexity index is 190. The molecule has 15 heavy (non-hydrogen) atoms. The fourth-order valence-electron chi connectivity index (χ4n) is 2.75. The fourth-order valence-corrected chi connectivity index (χ4v) is 2.75. The number of ether oxygens (including phenoxy) is 1. The highest BCUT2D eigenvalue weighted by molar-refractivity contribution is 4.81. The molecular weight excluding hydrogens is 190 g/mol. The Kier molecular flexibility index (Phi) is 4.00. The first kappa shape index (κ1) is 11.4. The fraction of sp³-hybridized carbons (Fsp3) is 1.00. The number of rotatable bonds is 3. The lowest BCUT2D eigenvalue weighted by Gasteiger charge is -2.36. The largest absolute Gasteiger partial charge is 0.393 e. The average Bonchev–Trinajstić information content (AvgIpc) is 2.73. The molecule has 3 nitrogen and oxygen atoms in total. The van der Waals surface area contributed by atoms with Crippen molar-refractivity contribution in [3.63, 3.8) is 0 Å². The predicted octanol–water partition coefficient (Wildman–Crippen LogP) is 1.12. The second kappa shape index (κ2) is 5.28. The van der Waals surface area contributed by atoms with Crippen LogP contribution in [0, 0.1) is 11.8 Å². The highest BCUT2D eigenvalue weighted by Gasteiger charge is 2.28. The molecule has 0 amide bonds. The van der Waals surface area contributed by atoms with E-state index in [1.54, 1.807) is 0 Å². The van der Waals surface area contributed by atoms with Crippen LogP contribution in [-0.2, 0) is 4.74 Å². The lowest BCUT2D eigenvalue weighted by molar-refractivity contribution is 0.0189. The van der Waals surface area contributed by atoms with Gasteiger partial charge in [-0.2, -0.15) is 0 Å². The van der Waals surface area contributed by atoms with Crippen LogP contribution in [-0.4, -0.2) is 49.0 Å². The predicted molar refractivity (Wildman–Crippen MR) is 59.8 cm³/mol. The summed E-state index contributed by atoms with van der Waals surface area (Å²) in [6, 6.07) is 0. The summed E-state index contributed by atoms with van der Waals surface area (Å²) >= 11 is 0. The minimum absolute atomic E-state index is 0.0638. The molecule has 2 fully saturated rings. The molecular formula is C12H23NO2. The Hall–Kier alpha value is -0.120. The molecule has 0 aromatic carbocycles. The van der Waals surface area contributed by atoms with Crippen LogP contribution in [0.25, 0.3) is 0 Å². The van der Waals surface area contributed by atoms with E-state index in [-0.39, 0.29) is 6.10 Å². The van der Waals surface area contributed by atoms with E-state index < -0.39 is 0 Å². The molecule has 2 heterocycles. The normalized spacial score (nSPS) is 38.4. The van der Waals surface area contributed by atoms with Gasteiger partial charge in [0.25, 0.3) is 0 Å². The summed E-state index contributed by atoms with van der Waals surface area (Å²) in [7, 11) is 0. The van der Waals surface area contributed by atoms with Crippen LogP contribution in [0.3, 0.4) is 0 Å². The van der Waals surface area contributed by atoms with E-state index in [0.29, 0.717) is 5.92 Å². The molecule has 3 atom stereocenters. The molecule has 3 heteroatoms. The zero-order valence-electron chi connectivity index (χ0n) is 9.69. The molecule has 2 aliphatic heterocycles. The van der Waals surface area contributed by atoms with Gasteiger partial charge in [0.15, 0.2) is 0 Å². The third kappa shape index (κ3) is 2.92. The zero-order valence-corrected chi connectivity index (χ0v) is 9.69. The zero-order chi connectivity index (χ0) is 10.7. The van der Waals surface area contributed by atoms with Crippen LogP contribution in [0.4, 0.5) is 0 Å². The third-order valence-electron chi connectivity index (χ3n) is 3.84. The van der Waals surface area contributed by atoms with Crippen LogP contribution in [0.5, 0.6) is 0 Å². The maximum atomic E-state index is 9.80. The van der Waals surface area contributed by atoms with Gasteiger partial charge in [-0.3, -0.25) is 0 Å². The molecule has 1 N–H and O–H groups in total. The van der Waals surface area contributed by atoms with Gasteiger partial charge in [-0.05, 0) is 31.1 Å². The molecule has 2 saturated heterocycles. The van der Waals surface area contributed by atoms with Crippen molar-refractivity contribution in [3.05, 3.63) is 0 Å². The van der Waals surface area contributed by atoms with Gasteiger partial charge in [-0.15, -0.1) is 0 Å². The molecule has 0 saturated carbocycles. The smallest absolute Gasteiger partial charge is 0.0592 e. The quantitative estimate of drug-likeness (QED) is 0.762. The van der Waals surface area contributed by atoms with E-state index in [2.05, 4.69) is 11.8 Å². The summed E-state index contributed by atoms with van der Waals surface area (Å²) < 4.78 is 5.40. The van der Waals surface area contributed by atoms with Crippen molar-refractivity contribution < 1.29 is 9.84 Å². The van der Waals surface area contributed by atoms with Crippen LogP contribution in [0.15, 0.2) is 0 Å². The molecule has 0 aromatic rings. The maximum absolute atomic E-state index is 9.80. The summed E-state index contributed by atoms with van der Waals surface area (Å²) in [5, 5.41) is 9.80. The van der Waals surface area contributed by atoms with Crippen molar-refractivity contribution in [2.75, 3.05) is 32.8 Å². The van der Waals surface area contributed by atoms with Gasteiger partial charge >= 0.3 is 0 Å². The molecule has 0 bridgehead atoms. The van der Waals surface area contributed by atoms with E-state index in [0.717, 1.165) is 45.1 Å². The highest BCUT2D eigenvalue weighted by Crippen LogP contribution is 2.22. The topological polar surface area (TPSA) is 32.7 Å². The van der Waals surface area contributed by atoms with Gasteiger partial charge in [0.1, 0.15) is 0 Å². The number of nitrogens with zero attached hydrogens (tertiary/aromatic N) is 1. The molecule has 88 valence electrons. The van der Waals surface area contributed by atoms with Gasteiger partial charge in [0.2, 0.25) is 0 Å². The summed E-state index contributed by atoms with van der Waals surface area (Å²) in [6.45, 7) is 7.37. The van der Waals surface area contributed by atoms with Gasteiger partial charge in [-0.25, -0.2) is 0 Å². The first-order chi connectivity index (χ1) is 7.29. The summed E-state index contributed by atoms with van der Waals surface area (Å²) in [5.41, 5.74) is 0. The summed E-state index contributed by atoms with van der Waals surface area (Å²) in [5.74, 6) is 1.22. The lowest BCUT2D eigenvalue weighted by Crippen LogP contribution is -2.44. The second-order valence-corrected chi connectivity index (χ2v) is 5.01. The molecule has 3 unspecified atom stereocenters. The van der Waals surface area contributed by atoms with E-state index in [9.17, 15) is 5.11 Å². The van der Waals surface area contributed by atoms with Crippen molar-refractivity contribution in [2.45, 2.75) is 32.3 Å². The number of piperidine rings is 1. The molecule has 0 aromatic heterocycles. The number of aliphatic hydroxyl groups excluding tert-OH is 1. The Labute approximate surface area is 92.4 Å². The van der Waals surface area contributed by atoms with Crippen molar-refractivity contribution in [1.82, 2.24) is 4.90 Å². The molecule has 0 spiro atoms. The minimum Gasteiger partial charge on any atom is -0.393 e. The maximum Gasteiger partial charge on any atom is 0.0592 e. The standard InChI is InChI=1S/C12H23NO2/c1-2-11-8-13(5-3-12(11)14)7-10-4-6-15-9-10/h10-12,14H,2-9H2,1H3. The SMILES string of the molecule is CCC1CN(CC2CCOC2)CCC1O. The van der Waals surface area contributed by atoms with E-state index in [4.69, 9.17) is 4.74 Å². The second-order valence-electron chi connectivity index (χ2n) is 5.01. The molecule has 2 rings (SSSR count). The Morgan fingerprint density at radius 2 is 2.27 bits per heavy atom. The van der Waals surface area contributed by atoms with E-state index >= 15 is 0 Å². The minimum atomic E-state index is -0.0638. The van der Waals surface area contributed by atoms with Crippen molar-refractivity contribution in [1.29, 1.82) is 0 Å². The van der Waals surface area contributed by atoms with Gasteiger partial charge in [0, 0.05) is 26.2 Å². The third-order valence-corrected chi connectivity index (χ3v) is 3.84. The number of hydrogen-bond donors (Lipinski definition) is 1. The van der Waals surface area contributed by atoms with Crippen LogP contribution in [0.1, 0.15) is 26.2 Å². The van der Waals surface area contributed by atoms with Crippen molar-refractivity contribution >= 4 is 0 Å². The number of aliphatic hydroxyl groups is 1. The highest BCUT2D eigenvalue weighted by atomic mass is 16.5.